The van der Waals surface area contributed by atoms with E-state index in [1.165, 1.54) is 0 Å². The quantitative estimate of drug-likeness (QED) is 0.770. The van der Waals surface area contributed by atoms with Crippen LogP contribution in [0.3, 0.4) is 0 Å². The van der Waals surface area contributed by atoms with Gasteiger partial charge in [-0.15, -0.1) is 0 Å². The predicted molar refractivity (Wildman–Crippen MR) is 83.8 cm³/mol. The Labute approximate surface area is 127 Å². The van der Waals surface area contributed by atoms with E-state index >= 15 is 0 Å². The first-order valence-corrected chi connectivity index (χ1v) is 7.28. The maximum atomic E-state index is 11.7. The molecular weight excluding hydrogens is 322 g/mol. The van der Waals surface area contributed by atoms with E-state index in [4.69, 9.17) is 0 Å². The van der Waals surface area contributed by atoms with E-state index in [2.05, 4.69) is 31.9 Å². The molecule has 0 radical (unpaired) electrons. The van der Waals surface area contributed by atoms with Crippen molar-refractivity contribution in [1.82, 2.24) is 10.6 Å². The number of amides is 3. The molecule has 1 aromatic carbocycles. The Hall–Kier alpha value is -1.56. The lowest BCUT2D eigenvalue weighted by Crippen LogP contribution is -2.35. The second kappa shape index (κ2) is 7.89. The minimum atomic E-state index is -0.316. The molecule has 0 saturated carbocycles. The summed E-state index contributed by atoms with van der Waals surface area (Å²) in [7, 11) is 0. The van der Waals surface area contributed by atoms with E-state index in [1.54, 1.807) is 0 Å². The van der Waals surface area contributed by atoms with E-state index in [1.807, 2.05) is 39.0 Å². The summed E-state index contributed by atoms with van der Waals surface area (Å²) < 4.78 is 0.898. The molecule has 6 heteroatoms. The molecule has 0 fully saturated rings. The number of nitrogens with one attached hydrogen (secondary N) is 3. The van der Waals surface area contributed by atoms with Crippen LogP contribution >= 0.6 is 15.9 Å². The summed E-state index contributed by atoms with van der Waals surface area (Å²) in [6, 6.07) is 5.45. The number of hydrogen-bond acceptors (Lipinski definition) is 2. The van der Waals surface area contributed by atoms with Crippen LogP contribution in [-0.4, -0.2) is 24.5 Å². The Morgan fingerprint density at radius 3 is 2.65 bits per heavy atom. The normalized spacial score (nSPS) is 10.2. The molecule has 0 aliphatic rings. The Morgan fingerprint density at radius 1 is 1.30 bits per heavy atom. The Kier molecular flexibility index (Phi) is 6.51. The summed E-state index contributed by atoms with van der Waals surface area (Å²) in [6.45, 7) is 6.01. The largest absolute Gasteiger partial charge is 0.354 e. The number of urea groups is 1. The van der Waals surface area contributed by atoms with Gasteiger partial charge in [0.2, 0.25) is 5.91 Å². The lowest BCUT2D eigenvalue weighted by atomic mass is 10.2. The van der Waals surface area contributed by atoms with E-state index < -0.39 is 0 Å². The number of hydrogen-bond donors (Lipinski definition) is 3. The molecule has 0 atom stereocenters. The summed E-state index contributed by atoms with van der Waals surface area (Å²) in [4.78, 5) is 23.1. The number of carbonyl (C=O) groups is 2. The first kappa shape index (κ1) is 16.5. The lowest BCUT2D eigenvalue weighted by Gasteiger charge is -2.11. The molecule has 0 aromatic heterocycles. The molecule has 0 unspecified atom stereocenters. The molecule has 0 bridgehead atoms. The average molecular weight is 342 g/mol. The SMILES string of the molecule is Cc1ccc(Br)cc1NC(=O)NCCC(=O)NC(C)C. The second-order valence-electron chi connectivity index (χ2n) is 4.81. The number of halogens is 1. The van der Waals surface area contributed by atoms with Crippen molar-refractivity contribution >= 4 is 33.6 Å². The van der Waals surface area contributed by atoms with Crippen LogP contribution in [0.2, 0.25) is 0 Å². The number of rotatable bonds is 5. The van der Waals surface area contributed by atoms with Gasteiger partial charge in [0.15, 0.2) is 0 Å². The van der Waals surface area contributed by atoms with Gasteiger partial charge in [0.25, 0.3) is 0 Å². The van der Waals surface area contributed by atoms with Gasteiger partial charge in [0, 0.05) is 29.2 Å². The van der Waals surface area contributed by atoms with Crippen LogP contribution in [0.1, 0.15) is 25.8 Å². The van der Waals surface area contributed by atoms with Gasteiger partial charge in [-0.2, -0.15) is 0 Å². The summed E-state index contributed by atoms with van der Waals surface area (Å²) in [5.41, 5.74) is 1.71. The molecule has 0 saturated heterocycles. The molecule has 0 aliphatic heterocycles. The van der Waals surface area contributed by atoms with Gasteiger partial charge in [-0.1, -0.05) is 22.0 Å². The van der Waals surface area contributed by atoms with Gasteiger partial charge < -0.3 is 16.0 Å². The molecule has 3 amide bonds. The number of aryl methyl sites for hydroxylation is 1. The van der Waals surface area contributed by atoms with Crippen LogP contribution in [0.15, 0.2) is 22.7 Å². The Morgan fingerprint density at radius 2 is 2.00 bits per heavy atom. The fourth-order valence-electron chi connectivity index (χ4n) is 1.58. The Bertz CT molecular complexity index is 489. The highest BCUT2D eigenvalue weighted by Crippen LogP contribution is 2.20. The number of anilines is 1. The van der Waals surface area contributed by atoms with Crippen LogP contribution in [0, 0.1) is 6.92 Å². The molecule has 5 nitrogen and oxygen atoms in total. The van der Waals surface area contributed by atoms with Crippen LogP contribution < -0.4 is 16.0 Å². The minimum Gasteiger partial charge on any atom is -0.354 e. The zero-order chi connectivity index (χ0) is 15.1. The topological polar surface area (TPSA) is 70.2 Å². The van der Waals surface area contributed by atoms with E-state index in [-0.39, 0.29) is 24.4 Å². The van der Waals surface area contributed by atoms with Crippen LogP contribution in [0.25, 0.3) is 0 Å². The van der Waals surface area contributed by atoms with E-state index in [0.717, 1.165) is 15.7 Å². The first-order valence-electron chi connectivity index (χ1n) is 6.49. The van der Waals surface area contributed by atoms with Crippen molar-refractivity contribution in [2.24, 2.45) is 0 Å². The smallest absolute Gasteiger partial charge is 0.319 e. The van der Waals surface area contributed by atoms with Gasteiger partial charge in [-0.25, -0.2) is 4.79 Å². The van der Waals surface area contributed by atoms with Gasteiger partial charge in [-0.3, -0.25) is 4.79 Å². The van der Waals surface area contributed by atoms with Gasteiger partial charge >= 0.3 is 6.03 Å². The van der Waals surface area contributed by atoms with E-state index in [9.17, 15) is 9.59 Å². The second-order valence-corrected chi connectivity index (χ2v) is 5.73. The van der Waals surface area contributed by atoms with Crippen LogP contribution in [0.5, 0.6) is 0 Å². The highest BCUT2D eigenvalue weighted by atomic mass is 79.9. The average Bonchev–Trinajstić information content (AvgIpc) is 2.33. The Balaban J connectivity index is 2.37. The summed E-state index contributed by atoms with van der Waals surface area (Å²) >= 11 is 3.36. The highest BCUT2D eigenvalue weighted by molar-refractivity contribution is 9.10. The zero-order valence-corrected chi connectivity index (χ0v) is 13.5. The van der Waals surface area contributed by atoms with Crippen molar-refractivity contribution in [2.75, 3.05) is 11.9 Å². The standard InChI is InChI=1S/C14H20BrN3O2/c1-9(2)17-13(19)6-7-16-14(20)18-12-8-11(15)5-4-10(12)3/h4-5,8-9H,6-7H2,1-3H3,(H,17,19)(H2,16,18,20). The van der Waals surface area contributed by atoms with Gasteiger partial charge in [0.1, 0.15) is 0 Å². The third kappa shape index (κ3) is 6.06. The fraction of sp³-hybridized carbons (Fsp3) is 0.429. The van der Waals surface area contributed by atoms with Crippen molar-refractivity contribution in [3.05, 3.63) is 28.2 Å². The molecule has 3 N–H and O–H groups in total. The molecular formula is C14H20BrN3O2. The molecule has 20 heavy (non-hydrogen) atoms. The van der Waals surface area contributed by atoms with Gasteiger partial charge in [-0.05, 0) is 38.5 Å². The zero-order valence-electron chi connectivity index (χ0n) is 11.9. The highest BCUT2D eigenvalue weighted by Gasteiger charge is 2.07. The van der Waals surface area contributed by atoms with Crippen molar-refractivity contribution in [3.63, 3.8) is 0 Å². The molecule has 1 aromatic rings. The minimum absolute atomic E-state index is 0.0704. The van der Waals surface area contributed by atoms with Crippen LogP contribution in [-0.2, 0) is 4.79 Å². The third-order valence-corrected chi connectivity index (χ3v) is 3.03. The predicted octanol–water partition coefficient (Wildman–Crippen LogP) is 2.79. The maximum Gasteiger partial charge on any atom is 0.319 e. The monoisotopic (exact) mass is 341 g/mol. The molecule has 0 aliphatic carbocycles. The maximum absolute atomic E-state index is 11.7. The van der Waals surface area contributed by atoms with Crippen molar-refractivity contribution in [2.45, 2.75) is 33.2 Å². The molecule has 110 valence electrons. The van der Waals surface area contributed by atoms with E-state index in [0.29, 0.717) is 6.54 Å². The fourth-order valence-corrected chi connectivity index (χ4v) is 1.94. The lowest BCUT2D eigenvalue weighted by molar-refractivity contribution is -0.121. The molecule has 1 rings (SSSR count). The summed E-state index contributed by atoms with van der Waals surface area (Å²) in [5.74, 6) is -0.0704. The number of carbonyl (C=O) groups excluding carboxylic acids is 2. The van der Waals surface area contributed by atoms with Crippen molar-refractivity contribution in [3.8, 4) is 0 Å². The number of benzene rings is 1. The third-order valence-electron chi connectivity index (χ3n) is 2.54. The van der Waals surface area contributed by atoms with Crippen LogP contribution in [0.4, 0.5) is 10.5 Å². The molecule has 0 spiro atoms. The summed E-state index contributed by atoms with van der Waals surface area (Å²) in [5, 5.41) is 8.18. The van der Waals surface area contributed by atoms with Gasteiger partial charge in [0.05, 0.1) is 0 Å². The van der Waals surface area contributed by atoms with Crippen molar-refractivity contribution < 1.29 is 9.59 Å². The molecule has 0 heterocycles. The van der Waals surface area contributed by atoms with Crippen molar-refractivity contribution in [1.29, 1.82) is 0 Å². The first-order chi connectivity index (χ1) is 9.38. The summed E-state index contributed by atoms with van der Waals surface area (Å²) in [6.07, 6.45) is 0.267.